The molecule has 0 bridgehead atoms. The van der Waals surface area contributed by atoms with Crippen LogP contribution in [0.3, 0.4) is 0 Å². The predicted octanol–water partition coefficient (Wildman–Crippen LogP) is 3.62. The van der Waals surface area contributed by atoms with Crippen LogP contribution in [0.25, 0.3) is 17.1 Å². The predicted molar refractivity (Wildman–Crippen MR) is 133 cm³/mol. The summed E-state index contributed by atoms with van der Waals surface area (Å²) >= 11 is 1.41. The monoisotopic (exact) mass is 489 g/mol. The maximum Gasteiger partial charge on any atom is 0.244 e. The van der Waals surface area contributed by atoms with Gasteiger partial charge in [-0.05, 0) is 26.0 Å². The second kappa shape index (κ2) is 10.4. The molecule has 0 saturated carbocycles. The molecule has 9 nitrogen and oxygen atoms in total. The Kier molecular flexibility index (Phi) is 6.91. The Bertz CT molecular complexity index is 1260. The van der Waals surface area contributed by atoms with E-state index in [0.29, 0.717) is 35.7 Å². The average molecular weight is 490 g/mol. The van der Waals surface area contributed by atoms with Crippen molar-refractivity contribution in [1.82, 2.24) is 34.7 Å². The molecule has 0 spiro atoms. The number of thioether (sulfide) groups is 1. The van der Waals surface area contributed by atoms with Gasteiger partial charge in [0, 0.05) is 37.4 Å². The summed E-state index contributed by atoms with van der Waals surface area (Å²) < 4.78 is 7.45. The van der Waals surface area contributed by atoms with E-state index in [2.05, 4.69) is 39.1 Å². The lowest BCUT2D eigenvalue weighted by Crippen LogP contribution is -2.49. The molecule has 1 atom stereocenters. The summed E-state index contributed by atoms with van der Waals surface area (Å²) in [5.41, 5.74) is 3.10. The van der Waals surface area contributed by atoms with Crippen molar-refractivity contribution in [2.75, 3.05) is 31.9 Å². The van der Waals surface area contributed by atoms with E-state index in [1.165, 1.54) is 17.3 Å². The number of amides is 1. The van der Waals surface area contributed by atoms with Gasteiger partial charge in [0.2, 0.25) is 17.6 Å². The number of hydrogen-bond acceptors (Lipinski definition) is 8. The molecule has 1 fully saturated rings. The first kappa shape index (κ1) is 23.3. The fraction of sp³-hybridized carbons (Fsp3) is 0.320. The molecule has 4 aromatic rings. The minimum absolute atomic E-state index is 0.0142. The third kappa shape index (κ3) is 5.28. The molecule has 0 aliphatic carbocycles. The van der Waals surface area contributed by atoms with Gasteiger partial charge in [0.05, 0.1) is 11.8 Å². The molecule has 0 radical (unpaired) electrons. The van der Waals surface area contributed by atoms with E-state index in [-0.39, 0.29) is 11.9 Å². The Morgan fingerprint density at radius 1 is 1.06 bits per heavy atom. The zero-order valence-electron chi connectivity index (χ0n) is 19.7. The SMILES string of the molecule is Cc1ccc(-n2cnnc2SCC(=O)N2CCN(C(C)c3nc(-c4ccccc4)no3)CC2)cc1. The van der Waals surface area contributed by atoms with Gasteiger partial charge in [-0.25, -0.2) is 0 Å². The molecule has 35 heavy (non-hydrogen) atoms. The van der Waals surface area contributed by atoms with E-state index in [9.17, 15) is 4.79 Å². The van der Waals surface area contributed by atoms with E-state index in [1.54, 1.807) is 6.33 Å². The first-order chi connectivity index (χ1) is 17.1. The lowest BCUT2D eigenvalue weighted by Gasteiger charge is -2.36. The molecule has 1 aliphatic rings. The quantitative estimate of drug-likeness (QED) is 0.364. The van der Waals surface area contributed by atoms with Crippen molar-refractivity contribution in [2.45, 2.75) is 25.0 Å². The van der Waals surface area contributed by atoms with Crippen LogP contribution in [0.4, 0.5) is 0 Å². The normalized spacial score (nSPS) is 15.3. The Hall–Kier alpha value is -3.50. The van der Waals surface area contributed by atoms with Crippen LogP contribution < -0.4 is 0 Å². The topological polar surface area (TPSA) is 93.2 Å². The van der Waals surface area contributed by atoms with Crippen molar-refractivity contribution in [3.05, 3.63) is 72.4 Å². The maximum absolute atomic E-state index is 12.9. The highest BCUT2D eigenvalue weighted by atomic mass is 32.2. The number of aromatic nitrogens is 5. The Balaban J connectivity index is 1.13. The van der Waals surface area contributed by atoms with Crippen molar-refractivity contribution in [3.63, 3.8) is 0 Å². The number of carbonyl (C=O) groups is 1. The standard InChI is InChI=1S/C25H27N7O2S/c1-18-8-10-21(11-9-18)32-17-26-28-25(32)35-16-22(33)31-14-12-30(13-15-31)19(2)24-27-23(29-34-24)20-6-4-3-5-7-20/h3-11,17,19H,12-16H2,1-2H3. The third-order valence-corrected chi connectivity index (χ3v) is 7.13. The molecule has 0 N–H and O–H groups in total. The van der Waals surface area contributed by atoms with Crippen LogP contribution in [-0.2, 0) is 4.79 Å². The highest BCUT2D eigenvalue weighted by molar-refractivity contribution is 7.99. The number of piperazine rings is 1. The van der Waals surface area contributed by atoms with Crippen molar-refractivity contribution < 1.29 is 9.32 Å². The molecule has 1 unspecified atom stereocenters. The Morgan fingerprint density at radius 3 is 2.54 bits per heavy atom. The number of hydrogen-bond donors (Lipinski definition) is 0. The van der Waals surface area contributed by atoms with E-state index >= 15 is 0 Å². The molecular formula is C25H27N7O2S. The number of rotatable bonds is 7. The zero-order chi connectivity index (χ0) is 24.2. The van der Waals surface area contributed by atoms with Gasteiger partial charge in [0.15, 0.2) is 5.16 Å². The average Bonchev–Trinajstić information content (AvgIpc) is 3.58. The summed E-state index contributed by atoms with van der Waals surface area (Å²) in [4.78, 5) is 21.6. The Labute approximate surface area is 208 Å². The van der Waals surface area contributed by atoms with Gasteiger partial charge in [0.1, 0.15) is 6.33 Å². The van der Waals surface area contributed by atoms with Crippen LogP contribution in [0.1, 0.15) is 24.4 Å². The molecule has 2 aromatic heterocycles. The van der Waals surface area contributed by atoms with Crippen molar-refractivity contribution >= 4 is 17.7 Å². The van der Waals surface area contributed by atoms with Gasteiger partial charge in [-0.1, -0.05) is 64.9 Å². The van der Waals surface area contributed by atoms with Gasteiger partial charge in [-0.3, -0.25) is 14.3 Å². The number of benzene rings is 2. The lowest BCUT2D eigenvalue weighted by molar-refractivity contribution is -0.130. The molecule has 10 heteroatoms. The minimum atomic E-state index is -0.0142. The molecule has 1 aliphatic heterocycles. The second-order valence-corrected chi connectivity index (χ2v) is 9.47. The smallest absolute Gasteiger partial charge is 0.244 e. The summed E-state index contributed by atoms with van der Waals surface area (Å²) in [6.07, 6.45) is 1.68. The van der Waals surface area contributed by atoms with E-state index in [1.807, 2.05) is 64.1 Å². The van der Waals surface area contributed by atoms with E-state index in [4.69, 9.17) is 4.52 Å². The summed E-state index contributed by atoms with van der Waals surface area (Å²) in [7, 11) is 0. The van der Waals surface area contributed by atoms with Crippen molar-refractivity contribution in [1.29, 1.82) is 0 Å². The summed E-state index contributed by atoms with van der Waals surface area (Å²) in [5, 5.41) is 13.1. The molecule has 1 amide bonds. The van der Waals surface area contributed by atoms with Crippen LogP contribution in [-0.4, -0.2) is 72.5 Å². The minimum Gasteiger partial charge on any atom is -0.339 e. The van der Waals surface area contributed by atoms with Gasteiger partial charge in [-0.2, -0.15) is 4.98 Å². The maximum atomic E-state index is 12.9. The number of aryl methyl sites for hydroxylation is 1. The van der Waals surface area contributed by atoms with E-state index < -0.39 is 0 Å². The van der Waals surface area contributed by atoms with Crippen LogP contribution in [0.15, 0.2) is 70.6 Å². The molecule has 2 aromatic carbocycles. The highest BCUT2D eigenvalue weighted by Gasteiger charge is 2.28. The van der Waals surface area contributed by atoms with Crippen LogP contribution >= 0.6 is 11.8 Å². The first-order valence-electron chi connectivity index (χ1n) is 11.6. The van der Waals surface area contributed by atoms with Gasteiger partial charge in [0.25, 0.3) is 0 Å². The second-order valence-electron chi connectivity index (χ2n) is 8.52. The fourth-order valence-electron chi connectivity index (χ4n) is 4.05. The molecule has 5 rings (SSSR count). The van der Waals surface area contributed by atoms with Gasteiger partial charge >= 0.3 is 0 Å². The largest absolute Gasteiger partial charge is 0.339 e. The van der Waals surface area contributed by atoms with Crippen molar-refractivity contribution in [2.24, 2.45) is 0 Å². The van der Waals surface area contributed by atoms with Crippen LogP contribution in [0.2, 0.25) is 0 Å². The Morgan fingerprint density at radius 2 is 1.80 bits per heavy atom. The summed E-state index contributed by atoms with van der Waals surface area (Å²) in [6.45, 7) is 6.94. The number of nitrogens with zero attached hydrogens (tertiary/aromatic N) is 7. The first-order valence-corrected chi connectivity index (χ1v) is 12.6. The van der Waals surface area contributed by atoms with Crippen LogP contribution in [0.5, 0.6) is 0 Å². The summed E-state index contributed by atoms with van der Waals surface area (Å²) in [6, 6.07) is 17.9. The lowest BCUT2D eigenvalue weighted by atomic mass is 10.2. The molecular weight excluding hydrogens is 462 g/mol. The summed E-state index contributed by atoms with van der Waals surface area (Å²) in [5.74, 6) is 1.61. The van der Waals surface area contributed by atoms with Crippen molar-refractivity contribution in [3.8, 4) is 17.1 Å². The van der Waals surface area contributed by atoms with E-state index in [0.717, 1.165) is 24.3 Å². The molecule has 3 heterocycles. The fourth-order valence-corrected chi connectivity index (χ4v) is 4.88. The zero-order valence-corrected chi connectivity index (χ0v) is 20.6. The molecule has 180 valence electrons. The van der Waals surface area contributed by atoms with Gasteiger partial charge in [-0.15, -0.1) is 10.2 Å². The third-order valence-electron chi connectivity index (χ3n) is 6.20. The molecule has 1 saturated heterocycles. The number of carbonyl (C=O) groups excluding carboxylic acids is 1. The van der Waals surface area contributed by atoms with Crippen LogP contribution in [0, 0.1) is 6.92 Å². The highest BCUT2D eigenvalue weighted by Crippen LogP contribution is 2.24. The van der Waals surface area contributed by atoms with Gasteiger partial charge < -0.3 is 9.42 Å².